The van der Waals surface area contributed by atoms with Gasteiger partial charge in [-0.2, -0.15) is 0 Å². The standard InChI is InChI=1S/C16H23NO2/c1-13-7-9-15(10-8-13)19-12-3-2-11-17-16(18)14-5-4-6-14/h7-10,14H,2-6,11-12H2,1H3,(H,17,18). The maximum Gasteiger partial charge on any atom is 0.223 e. The SMILES string of the molecule is Cc1ccc(OCCCCNC(=O)C2CCC2)cc1. The Kier molecular flexibility index (Phi) is 5.25. The number of rotatable bonds is 7. The van der Waals surface area contributed by atoms with Crippen molar-refractivity contribution >= 4 is 5.91 Å². The zero-order valence-electron chi connectivity index (χ0n) is 11.7. The van der Waals surface area contributed by atoms with Gasteiger partial charge in [0.05, 0.1) is 6.61 Å². The number of nitrogens with one attached hydrogen (secondary N) is 1. The van der Waals surface area contributed by atoms with E-state index in [0.29, 0.717) is 12.5 Å². The highest BCUT2D eigenvalue weighted by atomic mass is 16.5. The second-order valence-electron chi connectivity index (χ2n) is 5.29. The highest BCUT2D eigenvalue weighted by Crippen LogP contribution is 2.26. The number of ether oxygens (including phenoxy) is 1. The van der Waals surface area contributed by atoms with Gasteiger partial charge >= 0.3 is 0 Å². The van der Waals surface area contributed by atoms with E-state index in [2.05, 4.69) is 12.2 Å². The molecule has 1 saturated carbocycles. The fourth-order valence-electron chi connectivity index (χ4n) is 2.08. The van der Waals surface area contributed by atoms with Gasteiger partial charge < -0.3 is 10.1 Å². The molecule has 1 aliphatic rings. The summed E-state index contributed by atoms with van der Waals surface area (Å²) in [5, 5.41) is 3.00. The number of aryl methyl sites for hydroxylation is 1. The molecule has 3 heteroatoms. The summed E-state index contributed by atoms with van der Waals surface area (Å²) < 4.78 is 5.64. The van der Waals surface area contributed by atoms with Gasteiger partial charge in [0.25, 0.3) is 0 Å². The first-order chi connectivity index (χ1) is 9.25. The van der Waals surface area contributed by atoms with Crippen LogP contribution >= 0.6 is 0 Å². The molecule has 0 radical (unpaired) electrons. The lowest BCUT2D eigenvalue weighted by Gasteiger charge is -2.23. The molecule has 0 atom stereocenters. The third kappa shape index (κ3) is 4.58. The van der Waals surface area contributed by atoms with E-state index >= 15 is 0 Å². The first kappa shape index (κ1) is 13.9. The van der Waals surface area contributed by atoms with Crippen LogP contribution < -0.4 is 10.1 Å². The third-order valence-electron chi connectivity index (χ3n) is 3.64. The Morgan fingerprint density at radius 3 is 2.63 bits per heavy atom. The van der Waals surface area contributed by atoms with Crippen LogP contribution in [0.5, 0.6) is 5.75 Å². The lowest BCUT2D eigenvalue weighted by atomic mass is 9.85. The molecular weight excluding hydrogens is 238 g/mol. The quantitative estimate of drug-likeness (QED) is 0.766. The van der Waals surface area contributed by atoms with Crippen molar-refractivity contribution in [2.45, 2.75) is 39.0 Å². The van der Waals surface area contributed by atoms with Crippen molar-refractivity contribution in [3.05, 3.63) is 29.8 Å². The number of hydrogen-bond donors (Lipinski definition) is 1. The molecule has 104 valence electrons. The van der Waals surface area contributed by atoms with Crippen LogP contribution in [0.25, 0.3) is 0 Å². The molecular formula is C16H23NO2. The Bertz CT molecular complexity index is 396. The average Bonchev–Trinajstić information content (AvgIpc) is 2.33. The molecule has 0 aliphatic heterocycles. The van der Waals surface area contributed by atoms with E-state index in [-0.39, 0.29) is 5.91 Å². The van der Waals surface area contributed by atoms with Crippen LogP contribution in [-0.4, -0.2) is 19.1 Å². The minimum Gasteiger partial charge on any atom is -0.494 e. The zero-order valence-corrected chi connectivity index (χ0v) is 11.7. The van der Waals surface area contributed by atoms with Gasteiger partial charge in [-0.1, -0.05) is 24.1 Å². The van der Waals surface area contributed by atoms with Crippen molar-refractivity contribution < 1.29 is 9.53 Å². The number of amides is 1. The fraction of sp³-hybridized carbons (Fsp3) is 0.562. The van der Waals surface area contributed by atoms with Gasteiger partial charge in [-0.3, -0.25) is 4.79 Å². The first-order valence-corrected chi connectivity index (χ1v) is 7.23. The molecule has 0 spiro atoms. The average molecular weight is 261 g/mol. The van der Waals surface area contributed by atoms with E-state index in [9.17, 15) is 4.79 Å². The molecule has 0 bridgehead atoms. The van der Waals surface area contributed by atoms with E-state index in [1.165, 1.54) is 12.0 Å². The predicted octanol–water partition coefficient (Wildman–Crippen LogP) is 3.07. The normalized spacial score (nSPS) is 14.8. The predicted molar refractivity (Wildman–Crippen MR) is 76.3 cm³/mol. The summed E-state index contributed by atoms with van der Waals surface area (Å²) in [5.74, 6) is 1.46. The first-order valence-electron chi connectivity index (χ1n) is 7.23. The summed E-state index contributed by atoms with van der Waals surface area (Å²) in [6, 6.07) is 8.09. The van der Waals surface area contributed by atoms with Crippen molar-refractivity contribution in [2.24, 2.45) is 5.92 Å². The Balaban J connectivity index is 1.50. The zero-order chi connectivity index (χ0) is 13.5. The maximum atomic E-state index is 11.6. The Morgan fingerprint density at radius 1 is 1.26 bits per heavy atom. The Morgan fingerprint density at radius 2 is 2.00 bits per heavy atom. The fourth-order valence-corrected chi connectivity index (χ4v) is 2.08. The molecule has 1 aliphatic carbocycles. The number of carbonyl (C=O) groups excluding carboxylic acids is 1. The smallest absolute Gasteiger partial charge is 0.223 e. The van der Waals surface area contributed by atoms with E-state index < -0.39 is 0 Å². The molecule has 0 aromatic heterocycles. The van der Waals surface area contributed by atoms with Crippen molar-refractivity contribution in [1.82, 2.24) is 5.32 Å². The molecule has 1 aromatic rings. The Labute approximate surface area is 115 Å². The van der Waals surface area contributed by atoms with Crippen LogP contribution in [-0.2, 0) is 4.79 Å². The minimum absolute atomic E-state index is 0.241. The summed E-state index contributed by atoms with van der Waals surface area (Å²) in [7, 11) is 0. The lowest BCUT2D eigenvalue weighted by Crippen LogP contribution is -2.35. The highest BCUT2D eigenvalue weighted by molar-refractivity contribution is 5.79. The van der Waals surface area contributed by atoms with Gasteiger partial charge in [0.2, 0.25) is 5.91 Å². The summed E-state index contributed by atoms with van der Waals surface area (Å²) in [6.07, 6.45) is 5.30. The number of unbranched alkanes of at least 4 members (excludes halogenated alkanes) is 1. The van der Waals surface area contributed by atoms with Gasteiger partial charge in [0, 0.05) is 12.5 Å². The molecule has 19 heavy (non-hydrogen) atoms. The van der Waals surface area contributed by atoms with Gasteiger partial charge in [0.1, 0.15) is 5.75 Å². The topological polar surface area (TPSA) is 38.3 Å². The number of benzene rings is 1. The van der Waals surface area contributed by atoms with E-state index in [0.717, 1.165) is 38.0 Å². The highest BCUT2D eigenvalue weighted by Gasteiger charge is 2.24. The maximum absolute atomic E-state index is 11.6. The van der Waals surface area contributed by atoms with Crippen molar-refractivity contribution in [1.29, 1.82) is 0 Å². The Hall–Kier alpha value is -1.51. The summed E-state index contributed by atoms with van der Waals surface area (Å²) >= 11 is 0. The second-order valence-corrected chi connectivity index (χ2v) is 5.29. The van der Waals surface area contributed by atoms with E-state index in [1.807, 2.05) is 24.3 Å². The third-order valence-corrected chi connectivity index (χ3v) is 3.64. The summed E-state index contributed by atoms with van der Waals surface area (Å²) in [6.45, 7) is 3.55. The second kappa shape index (κ2) is 7.17. The van der Waals surface area contributed by atoms with Gasteiger partial charge in [-0.05, 0) is 44.7 Å². The lowest BCUT2D eigenvalue weighted by molar-refractivity contribution is -0.127. The summed E-state index contributed by atoms with van der Waals surface area (Å²) in [4.78, 5) is 11.6. The van der Waals surface area contributed by atoms with E-state index in [1.54, 1.807) is 0 Å². The number of carbonyl (C=O) groups is 1. The van der Waals surface area contributed by atoms with E-state index in [4.69, 9.17) is 4.74 Å². The molecule has 1 fully saturated rings. The van der Waals surface area contributed by atoms with Crippen LogP contribution in [0.4, 0.5) is 0 Å². The van der Waals surface area contributed by atoms with Crippen molar-refractivity contribution in [3.63, 3.8) is 0 Å². The van der Waals surface area contributed by atoms with Crippen LogP contribution in [0, 0.1) is 12.8 Å². The molecule has 1 aromatic carbocycles. The van der Waals surface area contributed by atoms with Crippen LogP contribution in [0.2, 0.25) is 0 Å². The van der Waals surface area contributed by atoms with Gasteiger partial charge in [0.15, 0.2) is 0 Å². The molecule has 1 amide bonds. The monoisotopic (exact) mass is 261 g/mol. The largest absolute Gasteiger partial charge is 0.494 e. The number of hydrogen-bond acceptors (Lipinski definition) is 2. The van der Waals surface area contributed by atoms with Crippen LogP contribution in [0.15, 0.2) is 24.3 Å². The van der Waals surface area contributed by atoms with Gasteiger partial charge in [-0.15, -0.1) is 0 Å². The molecule has 0 heterocycles. The molecule has 3 nitrogen and oxygen atoms in total. The van der Waals surface area contributed by atoms with Crippen LogP contribution in [0.3, 0.4) is 0 Å². The molecule has 0 saturated heterocycles. The van der Waals surface area contributed by atoms with Crippen molar-refractivity contribution in [3.8, 4) is 5.75 Å². The molecule has 1 N–H and O–H groups in total. The van der Waals surface area contributed by atoms with Gasteiger partial charge in [-0.25, -0.2) is 0 Å². The minimum atomic E-state index is 0.241. The van der Waals surface area contributed by atoms with Crippen molar-refractivity contribution in [2.75, 3.05) is 13.2 Å². The molecule has 2 rings (SSSR count). The van der Waals surface area contributed by atoms with Crippen LogP contribution in [0.1, 0.15) is 37.7 Å². The molecule has 0 unspecified atom stereocenters. The summed E-state index contributed by atoms with van der Waals surface area (Å²) in [5.41, 5.74) is 1.24.